The Bertz CT molecular complexity index is 418. The van der Waals surface area contributed by atoms with Crippen molar-refractivity contribution in [3.8, 4) is 0 Å². The smallest absolute Gasteiger partial charge is 0.303 e. The molecule has 0 heterocycles. The van der Waals surface area contributed by atoms with E-state index in [9.17, 15) is 9.90 Å². The quantitative estimate of drug-likeness (QED) is 0.625. The van der Waals surface area contributed by atoms with Gasteiger partial charge in [-0.1, -0.05) is 18.2 Å². The molecule has 1 aromatic rings. The highest BCUT2D eigenvalue weighted by Crippen LogP contribution is 2.09. The van der Waals surface area contributed by atoms with Gasteiger partial charge >= 0.3 is 5.97 Å². The zero-order chi connectivity index (χ0) is 14.3. The lowest BCUT2D eigenvalue weighted by molar-refractivity contribution is -0.137. The summed E-state index contributed by atoms with van der Waals surface area (Å²) in [6.07, 6.45) is 0.634. The van der Waals surface area contributed by atoms with Crippen LogP contribution in [0.2, 0.25) is 0 Å². The van der Waals surface area contributed by atoms with E-state index in [1.807, 2.05) is 0 Å². The van der Waals surface area contributed by atoms with Gasteiger partial charge in [-0.3, -0.25) is 4.79 Å². The number of nitrogens with one attached hydrogen (secondary N) is 1. The first-order chi connectivity index (χ1) is 8.99. The second kappa shape index (κ2) is 7.92. The standard InChI is InChI=1S/C15H23NO3/c1-11-3-4-13(9-12(11)2)7-8-16-10-14(17)5-6-15(18)19/h3-4,9,14,16-17H,5-8,10H2,1-2H3,(H,18,19). The third kappa shape index (κ3) is 6.36. The van der Waals surface area contributed by atoms with Gasteiger partial charge in [0.25, 0.3) is 0 Å². The van der Waals surface area contributed by atoms with Gasteiger partial charge in [0.1, 0.15) is 0 Å². The summed E-state index contributed by atoms with van der Waals surface area (Å²) in [5, 5.41) is 21.2. The van der Waals surface area contributed by atoms with Crippen molar-refractivity contribution in [3.63, 3.8) is 0 Å². The number of rotatable bonds is 8. The van der Waals surface area contributed by atoms with Crippen molar-refractivity contribution in [2.24, 2.45) is 0 Å². The molecule has 1 unspecified atom stereocenters. The van der Waals surface area contributed by atoms with Crippen molar-refractivity contribution in [2.45, 2.75) is 39.2 Å². The normalized spacial score (nSPS) is 12.4. The number of aryl methyl sites for hydroxylation is 2. The maximum absolute atomic E-state index is 10.3. The summed E-state index contributed by atoms with van der Waals surface area (Å²) >= 11 is 0. The summed E-state index contributed by atoms with van der Waals surface area (Å²) in [6, 6.07) is 6.41. The molecular weight excluding hydrogens is 242 g/mol. The first-order valence-electron chi connectivity index (χ1n) is 6.65. The Hall–Kier alpha value is -1.39. The Morgan fingerprint density at radius 3 is 2.68 bits per heavy atom. The number of hydrogen-bond acceptors (Lipinski definition) is 3. The SMILES string of the molecule is Cc1ccc(CCNCC(O)CCC(=O)O)cc1C. The molecule has 0 aromatic heterocycles. The van der Waals surface area contributed by atoms with Crippen LogP contribution in [0.25, 0.3) is 0 Å². The van der Waals surface area contributed by atoms with Gasteiger partial charge in [0.05, 0.1) is 6.10 Å². The van der Waals surface area contributed by atoms with Crippen molar-refractivity contribution in [1.82, 2.24) is 5.32 Å². The molecule has 4 heteroatoms. The number of aliphatic hydroxyl groups excluding tert-OH is 1. The van der Waals surface area contributed by atoms with E-state index in [1.54, 1.807) is 0 Å². The Morgan fingerprint density at radius 1 is 1.32 bits per heavy atom. The van der Waals surface area contributed by atoms with Gasteiger partial charge in [-0.25, -0.2) is 0 Å². The molecule has 0 aliphatic rings. The van der Waals surface area contributed by atoms with Gasteiger partial charge in [0.2, 0.25) is 0 Å². The van der Waals surface area contributed by atoms with E-state index in [-0.39, 0.29) is 6.42 Å². The molecule has 1 rings (SSSR count). The molecule has 0 saturated heterocycles. The molecule has 1 atom stereocenters. The molecule has 0 aliphatic carbocycles. The maximum Gasteiger partial charge on any atom is 0.303 e. The van der Waals surface area contributed by atoms with E-state index in [4.69, 9.17) is 5.11 Å². The van der Waals surface area contributed by atoms with Gasteiger partial charge in [-0.15, -0.1) is 0 Å². The Balaban J connectivity index is 2.19. The zero-order valence-corrected chi connectivity index (χ0v) is 11.6. The van der Waals surface area contributed by atoms with Crippen molar-refractivity contribution >= 4 is 5.97 Å². The van der Waals surface area contributed by atoms with Crippen LogP contribution in [0, 0.1) is 13.8 Å². The van der Waals surface area contributed by atoms with Crippen LogP contribution in [0.1, 0.15) is 29.5 Å². The van der Waals surface area contributed by atoms with E-state index in [0.29, 0.717) is 13.0 Å². The third-order valence-corrected chi connectivity index (χ3v) is 3.23. The van der Waals surface area contributed by atoms with Crippen molar-refractivity contribution in [2.75, 3.05) is 13.1 Å². The fourth-order valence-electron chi connectivity index (χ4n) is 1.85. The highest BCUT2D eigenvalue weighted by atomic mass is 16.4. The molecule has 0 spiro atoms. The number of carboxylic acids is 1. The molecule has 0 radical (unpaired) electrons. The monoisotopic (exact) mass is 265 g/mol. The number of carbonyl (C=O) groups is 1. The van der Waals surface area contributed by atoms with Gasteiger partial charge in [-0.05, 0) is 49.9 Å². The maximum atomic E-state index is 10.3. The molecule has 0 saturated carbocycles. The molecule has 0 fully saturated rings. The zero-order valence-electron chi connectivity index (χ0n) is 11.6. The van der Waals surface area contributed by atoms with Gasteiger partial charge in [-0.2, -0.15) is 0 Å². The van der Waals surface area contributed by atoms with Gasteiger partial charge in [0, 0.05) is 13.0 Å². The molecular formula is C15H23NO3. The fourth-order valence-corrected chi connectivity index (χ4v) is 1.85. The van der Waals surface area contributed by atoms with E-state index >= 15 is 0 Å². The van der Waals surface area contributed by atoms with Crippen LogP contribution >= 0.6 is 0 Å². The Morgan fingerprint density at radius 2 is 2.05 bits per heavy atom. The minimum atomic E-state index is -0.866. The lowest BCUT2D eigenvalue weighted by Crippen LogP contribution is -2.28. The molecule has 0 bridgehead atoms. The number of hydrogen-bond donors (Lipinski definition) is 3. The molecule has 4 nitrogen and oxygen atoms in total. The van der Waals surface area contributed by atoms with Gasteiger partial charge < -0.3 is 15.5 Å². The molecule has 19 heavy (non-hydrogen) atoms. The van der Waals surface area contributed by atoms with Crippen LogP contribution < -0.4 is 5.32 Å². The number of aliphatic hydroxyl groups is 1. The number of carboxylic acid groups (broad SMARTS) is 1. The van der Waals surface area contributed by atoms with Crippen LogP contribution in [-0.4, -0.2) is 35.4 Å². The largest absolute Gasteiger partial charge is 0.481 e. The van der Waals surface area contributed by atoms with Crippen LogP contribution in [-0.2, 0) is 11.2 Å². The summed E-state index contributed by atoms with van der Waals surface area (Å²) in [7, 11) is 0. The van der Waals surface area contributed by atoms with Gasteiger partial charge in [0.15, 0.2) is 0 Å². The molecule has 1 aromatic carbocycles. The summed E-state index contributed by atoms with van der Waals surface area (Å²) in [5.74, 6) is -0.866. The molecule has 106 valence electrons. The van der Waals surface area contributed by atoms with Crippen molar-refractivity contribution in [1.29, 1.82) is 0 Å². The number of aliphatic carboxylic acids is 1. The average molecular weight is 265 g/mol. The average Bonchev–Trinajstić information content (AvgIpc) is 2.36. The predicted molar refractivity (Wildman–Crippen MR) is 75.4 cm³/mol. The summed E-state index contributed by atoms with van der Waals surface area (Å²) in [5.41, 5.74) is 3.86. The molecule has 3 N–H and O–H groups in total. The lowest BCUT2D eigenvalue weighted by atomic mass is 10.0. The first-order valence-corrected chi connectivity index (χ1v) is 6.65. The summed E-state index contributed by atoms with van der Waals surface area (Å²) < 4.78 is 0. The second-order valence-electron chi connectivity index (χ2n) is 4.96. The Kier molecular flexibility index (Phi) is 6.53. The van der Waals surface area contributed by atoms with E-state index < -0.39 is 12.1 Å². The molecule has 0 aliphatic heterocycles. The van der Waals surface area contributed by atoms with E-state index in [1.165, 1.54) is 16.7 Å². The highest BCUT2D eigenvalue weighted by molar-refractivity contribution is 5.66. The number of benzene rings is 1. The lowest BCUT2D eigenvalue weighted by Gasteiger charge is -2.11. The highest BCUT2D eigenvalue weighted by Gasteiger charge is 2.06. The van der Waals surface area contributed by atoms with Crippen LogP contribution in [0.15, 0.2) is 18.2 Å². The summed E-state index contributed by atoms with van der Waals surface area (Å²) in [4.78, 5) is 10.3. The van der Waals surface area contributed by atoms with Crippen LogP contribution in [0.5, 0.6) is 0 Å². The minimum absolute atomic E-state index is 0.0139. The van der Waals surface area contributed by atoms with Crippen molar-refractivity contribution in [3.05, 3.63) is 34.9 Å². The second-order valence-corrected chi connectivity index (χ2v) is 4.96. The van der Waals surface area contributed by atoms with E-state index in [0.717, 1.165) is 13.0 Å². The fraction of sp³-hybridized carbons (Fsp3) is 0.533. The predicted octanol–water partition coefficient (Wildman–Crippen LogP) is 1.66. The van der Waals surface area contributed by atoms with Crippen molar-refractivity contribution < 1.29 is 15.0 Å². The third-order valence-electron chi connectivity index (χ3n) is 3.23. The van der Waals surface area contributed by atoms with E-state index in [2.05, 4.69) is 37.4 Å². The first kappa shape index (κ1) is 15.7. The Labute approximate surface area is 114 Å². The van der Waals surface area contributed by atoms with Crippen LogP contribution in [0.3, 0.4) is 0 Å². The summed E-state index contributed by atoms with van der Waals surface area (Å²) in [6.45, 7) is 5.42. The topological polar surface area (TPSA) is 69.6 Å². The van der Waals surface area contributed by atoms with Crippen LogP contribution in [0.4, 0.5) is 0 Å². The minimum Gasteiger partial charge on any atom is -0.481 e. The molecule has 0 amide bonds.